The maximum absolute atomic E-state index is 10.7. The van der Waals surface area contributed by atoms with Crippen molar-refractivity contribution >= 4 is 5.78 Å². The molecule has 1 aliphatic rings. The second-order valence-corrected chi connectivity index (χ2v) is 2.99. The van der Waals surface area contributed by atoms with E-state index >= 15 is 0 Å². The summed E-state index contributed by atoms with van der Waals surface area (Å²) in [5.41, 5.74) is 0. The van der Waals surface area contributed by atoms with Crippen LogP contribution >= 0.6 is 0 Å². The van der Waals surface area contributed by atoms with Gasteiger partial charge < -0.3 is 9.53 Å². The van der Waals surface area contributed by atoms with Crippen LogP contribution in [0.25, 0.3) is 0 Å². The molecule has 0 bridgehead atoms. The molecule has 2 heteroatoms. The minimum atomic E-state index is 0.288. The van der Waals surface area contributed by atoms with Gasteiger partial charge in [0.1, 0.15) is 5.78 Å². The Kier molecular flexibility index (Phi) is 2.87. The molecule has 0 amide bonds. The molecule has 0 saturated carbocycles. The summed E-state index contributed by atoms with van der Waals surface area (Å²) in [6.07, 6.45) is 3.00. The van der Waals surface area contributed by atoms with Gasteiger partial charge in [-0.15, -0.1) is 0 Å². The summed E-state index contributed by atoms with van der Waals surface area (Å²) in [5, 5.41) is 0. The quantitative estimate of drug-likeness (QED) is 0.582. The fourth-order valence-corrected chi connectivity index (χ4v) is 1.37. The average molecular weight is 142 g/mol. The first-order valence-electron chi connectivity index (χ1n) is 3.86. The van der Waals surface area contributed by atoms with Gasteiger partial charge in [0.25, 0.3) is 0 Å². The molecule has 1 aliphatic heterocycles. The van der Waals surface area contributed by atoms with Gasteiger partial charge >= 0.3 is 0 Å². The van der Waals surface area contributed by atoms with Gasteiger partial charge in [-0.2, -0.15) is 0 Å². The lowest BCUT2D eigenvalue weighted by Gasteiger charge is -2.20. The Hall–Kier alpha value is -0.370. The molecule has 10 heavy (non-hydrogen) atoms. The van der Waals surface area contributed by atoms with E-state index in [1.807, 2.05) is 0 Å². The Morgan fingerprint density at radius 3 is 3.00 bits per heavy atom. The maximum atomic E-state index is 10.7. The van der Waals surface area contributed by atoms with Crippen LogP contribution in [0.2, 0.25) is 0 Å². The van der Waals surface area contributed by atoms with Crippen molar-refractivity contribution in [3.63, 3.8) is 0 Å². The molecule has 1 heterocycles. The molecule has 1 saturated heterocycles. The van der Waals surface area contributed by atoms with Crippen molar-refractivity contribution in [3.8, 4) is 0 Å². The number of rotatable bonds is 2. The van der Waals surface area contributed by atoms with Crippen LogP contribution in [0.1, 0.15) is 26.2 Å². The van der Waals surface area contributed by atoms with Gasteiger partial charge in [0.2, 0.25) is 0 Å². The number of carbonyl (C=O) groups excluding carboxylic acids is 1. The van der Waals surface area contributed by atoms with Crippen molar-refractivity contribution in [2.75, 3.05) is 13.2 Å². The highest BCUT2D eigenvalue weighted by Crippen LogP contribution is 2.16. The van der Waals surface area contributed by atoms with E-state index in [1.165, 1.54) is 6.42 Å². The molecular weight excluding hydrogens is 128 g/mol. The molecule has 0 aliphatic carbocycles. The van der Waals surface area contributed by atoms with Gasteiger partial charge in [-0.1, -0.05) is 0 Å². The topological polar surface area (TPSA) is 26.3 Å². The Morgan fingerprint density at radius 2 is 2.50 bits per heavy atom. The van der Waals surface area contributed by atoms with E-state index in [1.54, 1.807) is 6.92 Å². The molecule has 0 N–H and O–H groups in total. The molecule has 2 nitrogen and oxygen atoms in total. The van der Waals surface area contributed by atoms with Gasteiger partial charge in [-0.05, 0) is 25.7 Å². The fourth-order valence-electron chi connectivity index (χ4n) is 1.37. The minimum Gasteiger partial charge on any atom is -0.381 e. The molecule has 1 atom stereocenters. The second kappa shape index (κ2) is 3.71. The standard InChI is InChI=1S/C8H14O2/c1-7(9)5-8-3-2-4-10-6-8/h8H,2-6H2,1H3. The smallest absolute Gasteiger partial charge is 0.130 e. The number of carbonyl (C=O) groups is 1. The minimum absolute atomic E-state index is 0.288. The van der Waals surface area contributed by atoms with Crippen molar-refractivity contribution in [1.29, 1.82) is 0 Å². The van der Waals surface area contributed by atoms with Crippen molar-refractivity contribution in [3.05, 3.63) is 0 Å². The molecule has 0 aromatic carbocycles. The first kappa shape index (κ1) is 7.73. The van der Waals surface area contributed by atoms with Crippen molar-refractivity contribution in [1.82, 2.24) is 0 Å². The van der Waals surface area contributed by atoms with Gasteiger partial charge in [0, 0.05) is 19.6 Å². The van der Waals surface area contributed by atoms with Gasteiger partial charge in [-0.3, -0.25) is 0 Å². The Labute approximate surface area is 61.6 Å². The Balaban J connectivity index is 2.19. The predicted molar refractivity (Wildman–Crippen MR) is 38.8 cm³/mol. The van der Waals surface area contributed by atoms with Crippen LogP contribution in [0.5, 0.6) is 0 Å². The number of hydrogen-bond acceptors (Lipinski definition) is 2. The monoisotopic (exact) mass is 142 g/mol. The SMILES string of the molecule is CC(=O)CC1CCCOC1. The molecule has 58 valence electrons. The molecule has 1 unspecified atom stereocenters. The van der Waals surface area contributed by atoms with E-state index in [2.05, 4.69) is 0 Å². The third-order valence-corrected chi connectivity index (χ3v) is 1.83. The lowest BCUT2D eigenvalue weighted by atomic mass is 9.97. The van der Waals surface area contributed by atoms with Crippen LogP contribution < -0.4 is 0 Å². The van der Waals surface area contributed by atoms with E-state index in [-0.39, 0.29) is 5.78 Å². The van der Waals surface area contributed by atoms with Crippen LogP contribution in [0.4, 0.5) is 0 Å². The van der Waals surface area contributed by atoms with Crippen LogP contribution in [-0.2, 0) is 9.53 Å². The number of Topliss-reactive ketones (excluding diaryl/α,β-unsaturated/α-hetero) is 1. The molecule has 1 fully saturated rings. The zero-order chi connectivity index (χ0) is 7.40. The van der Waals surface area contributed by atoms with E-state index in [0.717, 1.165) is 19.6 Å². The molecule has 1 rings (SSSR count). The first-order valence-corrected chi connectivity index (χ1v) is 3.86. The molecular formula is C8H14O2. The highest BCUT2D eigenvalue weighted by molar-refractivity contribution is 5.75. The second-order valence-electron chi connectivity index (χ2n) is 2.99. The summed E-state index contributed by atoms with van der Waals surface area (Å²) < 4.78 is 5.23. The van der Waals surface area contributed by atoms with Crippen molar-refractivity contribution < 1.29 is 9.53 Å². The number of ketones is 1. The molecule has 0 aromatic rings. The van der Waals surface area contributed by atoms with Gasteiger partial charge in [-0.25, -0.2) is 0 Å². The zero-order valence-corrected chi connectivity index (χ0v) is 6.43. The normalized spacial score (nSPS) is 26.3. The molecule has 0 spiro atoms. The van der Waals surface area contributed by atoms with Gasteiger partial charge in [0.05, 0.1) is 0 Å². The van der Waals surface area contributed by atoms with E-state index in [4.69, 9.17) is 4.74 Å². The summed E-state index contributed by atoms with van der Waals surface area (Å²) in [6, 6.07) is 0. The molecule has 0 aromatic heterocycles. The van der Waals surface area contributed by atoms with Crippen LogP contribution in [0.15, 0.2) is 0 Å². The molecule has 0 radical (unpaired) electrons. The van der Waals surface area contributed by atoms with Gasteiger partial charge in [0.15, 0.2) is 0 Å². The van der Waals surface area contributed by atoms with Crippen LogP contribution in [-0.4, -0.2) is 19.0 Å². The average Bonchev–Trinajstić information content (AvgIpc) is 1.88. The summed E-state index contributed by atoms with van der Waals surface area (Å²) >= 11 is 0. The van der Waals surface area contributed by atoms with E-state index in [0.29, 0.717) is 12.3 Å². The third kappa shape index (κ3) is 2.48. The Bertz CT molecular complexity index is 114. The third-order valence-electron chi connectivity index (χ3n) is 1.83. The highest BCUT2D eigenvalue weighted by atomic mass is 16.5. The van der Waals surface area contributed by atoms with E-state index < -0.39 is 0 Å². The van der Waals surface area contributed by atoms with Crippen LogP contribution in [0.3, 0.4) is 0 Å². The Morgan fingerprint density at radius 1 is 1.70 bits per heavy atom. The zero-order valence-electron chi connectivity index (χ0n) is 6.43. The summed E-state index contributed by atoms with van der Waals surface area (Å²) in [7, 11) is 0. The number of ether oxygens (including phenoxy) is 1. The summed E-state index contributed by atoms with van der Waals surface area (Å²) in [4.78, 5) is 10.7. The van der Waals surface area contributed by atoms with E-state index in [9.17, 15) is 4.79 Å². The van der Waals surface area contributed by atoms with Crippen molar-refractivity contribution in [2.24, 2.45) is 5.92 Å². The fraction of sp³-hybridized carbons (Fsp3) is 0.875. The summed E-state index contributed by atoms with van der Waals surface area (Å²) in [5.74, 6) is 0.793. The maximum Gasteiger partial charge on any atom is 0.130 e. The summed E-state index contributed by atoms with van der Waals surface area (Å²) in [6.45, 7) is 3.32. The predicted octanol–water partition coefficient (Wildman–Crippen LogP) is 1.39. The van der Waals surface area contributed by atoms with Crippen LogP contribution in [0, 0.1) is 5.92 Å². The lowest BCUT2D eigenvalue weighted by Crippen LogP contribution is -2.19. The van der Waals surface area contributed by atoms with Crippen molar-refractivity contribution in [2.45, 2.75) is 26.2 Å². The highest BCUT2D eigenvalue weighted by Gasteiger charge is 2.14. The lowest BCUT2D eigenvalue weighted by molar-refractivity contribution is -0.118. The number of hydrogen-bond donors (Lipinski definition) is 0. The largest absolute Gasteiger partial charge is 0.381 e. The first-order chi connectivity index (χ1) is 4.79.